The molecule has 156 valence electrons. The highest BCUT2D eigenvalue weighted by Crippen LogP contribution is 2.31. The van der Waals surface area contributed by atoms with E-state index in [1.807, 2.05) is 0 Å². The fourth-order valence-corrected chi connectivity index (χ4v) is 2.59. The van der Waals surface area contributed by atoms with Crippen LogP contribution in [0.2, 0.25) is 0 Å². The maximum atomic E-state index is 13.1. The molecule has 12 heteroatoms. The number of nitro benzene ring substituents is 1. The monoisotopic (exact) mass is 421 g/mol. The summed E-state index contributed by atoms with van der Waals surface area (Å²) in [4.78, 5) is 26.6. The smallest absolute Gasteiger partial charge is 0.433 e. The highest BCUT2D eigenvalue weighted by atomic mass is 19.4. The number of hydrogen-bond acceptors (Lipinski definition) is 6. The second-order valence-electron chi connectivity index (χ2n) is 6.14. The van der Waals surface area contributed by atoms with E-state index in [0.29, 0.717) is 10.4 Å². The summed E-state index contributed by atoms with van der Waals surface area (Å²) < 4.78 is 45.2. The quantitative estimate of drug-likeness (QED) is 0.477. The van der Waals surface area contributed by atoms with Gasteiger partial charge in [0.2, 0.25) is 5.91 Å². The lowest BCUT2D eigenvalue weighted by atomic mass is 10.2. The first-order valence-electron chi connectivity index (χ1n) is 8.40. The van der Waals surface area contributed by atoms with Crippen LogP contribution < -0.4 is 10.1 Å². The van der Waals surface area contributed by atoms with Gasteiger partial charge in [0, 0.05) is 18.3 Å². The number of aryl methyl sites for hydroxylation is 1. The number of benzene rings is 1. The maximum Gasteiger partial charge on any atom is 0.433 e. The number of anilines is 1. The van der Waals surface area contributed by atoms with Gasteiger partial charge in [0.05, 0.1) is 28.6 Å². The van der Waals surface area contributed by atoms with Gasteiger partial charge < -0.3 is 10.1 Å². The van der Waals surface area contributed by atoms with Crippen LogP contribution >= 0.6 is 0 Å². The van der Waals surface area contributed by atoms with Crippen LogP contribution in [-0.4, -0.2) is 25.6 Å². The number of hydrogen-bond donors (Lipinski definition) is 1. The summed E-state index contributed by atoms with van der Waals surface area (Å²) in [6.45, 7) is 0.635. The fourth-order valence-electron chi connectivity index (χ4n) is 2.59. The third-order valence-electron chi connectivity index (χ3n) is 3.74. The average molecular weight is 421 g/mol. The Hall–Kier alpha value is -3.96. The highest BCUT2D eigenvalue weighted by Gasteiger charge is 2.35. The van der Waals surface area contributed by atoms with Crippen LogP contribution in [0.5, 0.6) is 11.5 Å². The van der Waals surface area contributed by atoms with Crippen molar-refractivity contribution in [2.24, 2.45) is 0 Å². The van der Waals surface area contributed by atoms with E-state index < -0.39 is 29.2 Å². The molecule has 30 heavy (non-hydrogen) atoms. The molecule has 0 aliphatic rings. The van der Waals surface area contributed by atoms with Crippen LogP contribution in [0, 0.1) is 17.0 Å². The van der Waals surface area contributed by atoms with E-state index in [2.05, 4.69) is 15.4 Å². The molecule has 0 aliphatic carbocycles. The van der Waals surface area contributed by atoms with E-state index in [1.54, 1.807) is 12.1 Å². The van der Waals surface area contributed by atoms with Crippen LogP contribution in [0.3, 0.4) is 0 Å². The molecule has 0 spiro atoms. The van der Waals surface area contributed by atoms with Gasteiger partial charge in [0.1, 0.15) is 23.7 Å². The van der Waals surface area contributed by atoms with Crippen molar-refractivity contribution >= 4 is 17.3 Å². The van der Waals surface area contributed by atoms with Crippen molar-refractivity contribution < 1.29 is 27.6 Å². The SMILES string of the molecule is Cc1cc(C(F)(F)F)n(CC(=O)Nc2cc(Oc3cccnc3)cc([N+](=O)[O-])c2)n1. The van der Waals surface area contributed by atoms with Crippen molar-refractivity contribution in [3.8, 4) is 11.5 Å². The summed E-state index contributed by atoms with van der Waals surface area (Å²) in [6, 6.07) is 7.49. The number of pyridine rings is 1. The molecule has 0 fully saturated rings. The number of carbonyl (C=O) groups excluding carboxylic acids is 1. The van der Waals surface area contributed by atoms with Crippen LogP contribution in [-0.2, 0) is 17.5 Å². The minimum Gasteiger partial charge on any atom is -0.455 e. The Kier molecular flexibility index (Phi) is 5.67. The number of ether oxygens (including phenoxy) is 1. The molecule has 0 saturated carbocycles. The summed E-state index contributed by atoms with van der Waals surface area (Å²) in [5, 5.41) is 17.2. The zero-order valence-corrected chi connectivity index (χ0v) is 15.4. The zero-order valence-electron chi connectivity index (χ0n) is 15.4. The number of carbonyl (C=O) groups is 1. The molecule has 1 N–H and O–H groups in total. The normalized spacial score (nSPS) is 11.2. The number of halogens is 3. The first-order valence-corrected chi connectivity index (χ1v) is 8.40. The predicted octanol–water partition coefficient (Wildman–Crippen LogP) is 3.94. The van der Waals surface area contributed by atoms with E-state index >= 15 is 0 Å². The Morgan fingerprint density at radius 1 is 1.27 bits per heavy atom. The summed E-state index contributed by atoms with van der Waals surface area (Å²) >= 11 is 0. The molecule has 0 aliphatic heterocycles. The highest BCUT2D eigenvalue weighted by molar-refractivity contribution is 5.91. The van der Waals surface area contributed by atoms with Crippen LogP contribution in [0.15, 0.2) is 48.8 Å². The lowest BCUT2D eigenvalue weighted by Crippen LogP contribution is -2.23. The second-order valence-corrected chi connectivity index (χ2v) is 6.14. The topological polar surface area (TPSA) is 112 Å². The van der Waals surface area contributed by atoms with E-state index in [9.17, 15) is 28.1 Å². The fraction of sp³-hybridized carbons (Fsp3) is 0.167. The Morgan fingerprint density at radius 3 is 2.67 bits per heavy atom. The van der Waals surface area contributed by atoms with Crippen molar-refractivity contribution in [1.82, 2.24) is 14.8 Å². The summed E-state index contributed by atoms with van der Waals surface area (Å²) in [5.74, 6) is -0.507. The minimum atomic E-state index is -4.68. The van der Waals surface area contributed by atoms with E-state index in [0.717, 1.165) is 18.2 Å². The molecule has 0 saturated heterocycles. The average Bonchev–Trinajstić information content (AvgIpc) is 3.02. The lowest BCUT2D eigenvalue weighted by Gasteiger charge is -2.11. The number of non-ortho nitro benzene ring substituents is 1. The first kappa shape index (κ1) is 20.8. The maximum absolute atomic E-state index is 13.1. The number of nitrogens with one attached hydrogen (secondary N) is 1. The Balaban J connectivity index is 1.82. The van der Waals surface area contributed by atoms with Crippen LogP contribution in [0.25, 0.3) is 0 Å². The van der Waals surface area contributed by atoms with Crippen LogP contribution in [0.1, 0.15) is 11.4 Å². The minimum absolute atomic E-state index is 0.0227. The van der Waals surface area contributed by atoms with Crippen molar-refractivity contribution in [3.63, 3.8) is 0 Å². The molecule has 9 nitrogen and oxygen atoms in total. The van der Waals surface area contributed by atoms with Gasteiger partial charge in [-0.1, -0.05) is 0 Å². The van der Waals surface area contributed by atoms with Crippen molar-refractivity contribution in [2.45, 2.75) is 19.6 Å². The van der Waals surface area contributed by atoms with Crippen molar-refractivity contribution in [1.29, 1.82) is 0 Å². The van der Waals surface area contributed by atoms with E-state index in [4.69, 9.17) is 4.74 Å². The Morgan fingerprint density at radius 2 is 2.03 bits per heavy atom. The Labute approximate surface area is 167 Å². The van der Waals surface area contributed by atoms with Crippen molar-refractivity contribution in [2.75, 3.05) is 5.32 Å². The van der Waals surface area contributed by atoms with Gasteiger partial charge in [0.25, 0.3) is 5.69 Å². The van der Waals surface area contributed by atoms with Gasteiger partial charge in [-0.25, -0.2) is 0 Å². The molecular weight excluding hydrogens is 407 g/mol. The van der Waals surface area contributed by atoms with Gasteiger partial charge in [-0.2, -0.15) is 18.3 Å². The van der Waals surface area contributed by atoms with Gasteiger partial charge in [-0.3, -0.25) is 24.6 Å². The van der Waals surface area contributed by atoms with Gasteiger partial charge in [-0.15, -0.1) is 0 Å². The van der Waals surface area contributed by atoms with E-state index in [-0.39, 0.29) is 22.8 Å². The molecule has 0 bridgehead atoms. The molecular formula is C18H14F3N5O4. The molecule has 2 heterocycles. The Bertz CT molecular complexity index is 1080. The third-order valence-corrected chi connectivity index (χ3v) is 3.74. The second kappa shape index (κ2) is 8.19. The third kappa shape index (κ3) is 5.10. The van der Waals surface area contributed by atoms with Gasteiger partial charge in [0.15, 0.2) is 0 Å². The summed E-state index contributed by atoms with van der Waals surface area (Å²) in [6.07, 6.45) is -1.79. The number of alkyl halides is 3. The number of nitro groups is 1. The van der Waals surface area contributed by atoms with Gasteiger partial charge >= 0.3 is 6.18 Å². The molecule has 0 radical (unpaired) electrons. The largest absolute Gasteiger partial charge is 0.455 e. The lowest BCUT2D eigenvalue weighted by molar-refractivity contribution is -0.384. The number of nitrogens with zero attached hydrogens (tertiary/aromatic N) is 4. The molecule has 1 aromatic carbocycles. The van der Waals surface area contributed by atoms with Gasteiger partial charge in [-0.05, 0) is 25.1 Å². The standard InChI is InChI=1S/C18H14F3N5O4/c1-11-5-16(18(19,20)21)25(24-11)10-17(27)23-12-6-13(26(28)29)8-15(7-12)30-14-3-2-4-22-9-14/h2-9H,10H2,1H3,(H,23,27). The molecule has 2 aromatic heterocycles. The summed E-state index contributed by atoms with van der Waals surface area (Å²) in [5.41, 5.74) is -1.38. The molecule has 0 atom stereocenters. The van der Waals surface area contributed by atoms with E-state index in [1.165, 1.54) is 25.4 Å². The zero-order chi connectivity index (χ0) is 21.9. The molecule has 1 amide bonds. The molecule has 3 rings (SSSR count). The number of amides is 1. The predicted molar refractivity (Wildman–Crippen MR) is 98.0 cm³/mol. The molecule has 0 unspecified atom stereocenters. The molecule has 3 aromatic rings. The number of aromatic nitrogens is 3. The summed E-state index contributed by atoms with van der Waals surface area (Å²) in [7, 11) is 0. The van der Waals surface area contributed by atoms with Crippen molar-refractivity contribution in [3.05, 3.63) is 70.3 Å². The van der Waals surface area contributed by atoms with Crippen LogP contribution in [0.4, 0.5) is 24.5 Å². The number of rotatable bonds is 6. The first-order chi connectivity index (χ1) is 14.1.